The first-order valence-electron chi connectivity index (χ1n) is 4.99. The normalized spacial score (nSPS) is 10.1. The third-order valence-electron chi connectivity index (χ3n) is 2.09. The van der Waals surface area contributed by atoms with Crippen molar-refractivity contribution in [2.24, 2.45) is 0 Å². The highest BCUT2D eigenvalue weighted by molar-refractivity contribution is 7.09. The summed E-state index contributed by atoms with van der Waals surface area (Å²) < 4.78 is 0. The zero-order valence-electron chi connectivity index (χ0n) is 9.38. The summed E-state index contributed by atoms with van der Waals surface area (Å²) in [6.07, 6.45) is 1.29. The zero-order chi connectivity index (χ0) is 13.1. The molecule has 7 heteroatoms. The maximum atomic E-state index is 11.7. The van der Waals surface area contributed by atoms with E-state index in [-0.39, 0.29) is 11.6 Å². The van der Waals surface area contributed by atoms with Gasteiger partial charge in [0.25, 0.3) is 5.91 Å². The van der Waals surface area contributed by atoms with Crippen LogP contribution >= 0.6 is 11.3 Å². The van der Waals surface area contributed by atoms with Crippen molar-refractivity contribution in [1.29, 1.82) is 0 Å². The number of carboxylic acid groups (broad SMARTS) is 1. The molecule has 0 aliphatic rings. The number of thiazole rings is 1. The average molecular weight is 263 g/mol. The number of hydrogen-bond acceptors (Lipinski definition) is 5. The van der Waals surface area contributed by atoms with Crippen LogP contribution < -0.4 is 5.32 Å². The van der Waals surface area contributed by atoms with Crippen LogP contribution in [0.1, 0.15) is 26.0 Å². The number of amides is 1. The van der Waals surface area contributed by atoms with Gasteiger partial charge in [-0.05, 0) is 19.1 Å². The molecule has 18 heavy (non-hydrogen) atoms. The van der Waals surface area contributed by atoms with Crippen LogP contribution in [0.3, 0.4) is 0 Å². The molecule has 0 atom stereocenters. The van der Waals surface area contributed by atoms with E-state index in [1.807, 2.05) is 6.92 Å². The molecule has 2 rings (SSSR count). The minimum Gasteiger partial charge on any atom is -0.477 e. The number of pyridine rings is 1. The number of aryl methyl sites for hydroxylation is 1. The molecule has 2 aromatic rings. The second kappa shape index (κ2) is 4.92. The summed E-state index contributed by atoms with van der Waals surface area (Å²) in [5.74, 6) is -1.45. The van der Waals surface area contributed by atoms with Crippen molar-refractivity contribution in [2.75, 3.05) is 5.32 Å². The molecule has 0 aliphatic heterocycles. The highest BCUT2D eigenvalue weighted by Gasteiger charge is 2.10. The van der Waals surface area contributed by atoms with Gasteiger partial charge in [0.05, 0.1) is 16.9 Å². The SMILES string of the molecule is Cc1nc(C(=O)Nc2ccc(C(=O)O)nc2)cs1. The number of nitrogens with one attached hydrogen (secondary N) is 1. The van der Waals surface area contributed by atoms with Crippen LogP contribution in [0.15, 0.2) is 23.7 Å². The Balaban J connectivity index is 2.10. The topological polar surface area (TPSA) is 92.2 Å². The van der Waals surface area contributed by atoms with Crippen LogP contribution in [0.4, 0.5) is 5.69 Å². The quantitative estimate of drug-likeness (QED) is 0.880. The monoisotopic (exact) mass is 263 g/mol. The summed E-state index contributed by atoms with van der Waals surface area (Å²) in [7, 11) is 0. The first-order valence-corrected chi connectivity index (χ1v) is 5.87. The largest absolute Gasteiger partial charge is 0.477 e. The molecule has 2 heterocycles. The van der Waals surface area contributed by atoms with Gasteiger partial charge in [-0.3, -0.25) is 4.79 Å². The van der Waals surface area contributed by atoms with Gasteiger partial charge in [-0.1, -0.05) is 0 Å². The summed E-state index contributed by atoms with van der Waals surface area (Å²) in [4.78, 5) is 30.1. The second-order valence-electron chi connectivity index (χ2n) is 3.44. The molecule has 0 spiro atoms. The fraction of sp³-hybridized carbons (Fsp3) is 0.0909. The van der Waals surface area contributed by atoms with Gasteiger partial charge >= 0.3 is 5.97 Å². The molecular weight excluding hydrogens is 254 g/mol. The number of rotatable bonds is 3. The van der Waals surface area contributed by atoms with Gasteiger partial charge in [-0.2, -0.15) is 0 Å². The van der Waals surface area contributed by atoms with Gasteiger partial charge in [0.1, 0.15) is 11.4 Å². The standard InChI is InChI=1S/C11H9N3O3S/c1-6-13-9(5-18-6)10(15)14-7-2-3-8(11(16)17)12-4-7/h2-5H,1H3,(H,14,15)(H,16,17). The van der Waals surface area contributed by atoms with E-state index < -0.39 is 5.97 Å². The lowest BCUT2D eigenvalue weighted by Gasteiger charge is -2.02. The Kier molecular flexibility index (Phi) is 3.33. The minimum absolute atomic E-state index is 0.0718. The van der Waals surface area contributed by atoms with Crippen LogP contribution in [0.5, 0.6) is 0 Å². The van der Waals surface area contributed by atoms with E-state index in [4.69, 9.17) is 5.11 Å². The molecule has 0 fully saturated rings. The van der Waals surface area contributed by atoms with E-state index in [1.165, 1.54) is 29.7 Å². The predicted molar refractivity (Wildman–Crippen MR) is 66.0 cm³/mol. The van der Waals surface area contributed by atoms with E-state index in [0.29, 0.717) is 11.4 Å². The maximum Gasteiger partial charge on any atom is 0.354 e. The first-order chi connectivity index (χ1) is 8.56. The average Bonchev–Trinajstić information content (AvgIpc) is 2.76. The molecule has 92 valence electrons. The number of carbonyl (C=O) groups excluding carboxylic acids is 1. The molecular formula is C11H9N3O3S. The molecule has 6 nitrogen and oxygen atoms in total. The van der Waals surface area contributed by atoms with Gasteiger partial charge in [-0.25, -0.2) is 14.8 Å². The Morgan fingerprint density at radius 2 is 2.11 bits per heavy atom. The highest BCUT2D eigenvalue weighted by atomic mass is 32.1. The first kappa shape index (κ1) is 12.2. The van der Waals surface area contributed by atoms with Crippen LogP contribution in [-0.4, -0.2) is 27.0 Å². The Morgan fingerprint density at radius 1 is 1.33 bits per heavy atom. The van der Waals surface area contributed by atoms with Crippen molar-refractivity contribution in [1.82, 2.24) is 9.97 Å². The molecule has 0 aromatic carbocycles. The van der Waals surface area contributed by atoms with E-state index in [9.17, 15) is 9.59 Å². The van der Waals surface area contributed by atoms with Crippen molar-refractivity contribution in [2.45, 2.75) is 6.92 Å². The van der Waals surface area contributed by atoms with Crippen LogP contribution in [0.2, 0.25) is 0 Å². The summed E-state index contributed by atoms with van der Waals surface area (Å²) >= 11 is 1.38. The van der Waals surface area contributed by atoms with Crippen LogP contribution in [-0.2, 0) is 0 Å². The van der Waals surface area contributed by atoms with Gasteiger partial charge in [0, 0.05) is 5.38 Å². The van der Waals surface area contributed by atoms with E-state index in [2.05, 4.69) is 15.3 Å². The van der Waals surface area contributed by atoms with Gasteiger partial charge < -0.3 is 10.4 Å². The number of carbonyl (C=O) groups is 2. The lowest BCUT2D eigenvalue weighted by Crippen LogP contribution is -2.13. The summed E-state index contributed by atoms with van der Waals surface area (Å²) in [5.41, 5.74) is 0.688. The molecule has 2 aromatic heterocycles. The maximum absolute atomic E-state index is 11.7. The third-order valence-corrected chi connectivity index (χ3v) is 2.87. The second-order valence-corrected chi connectivity index (χ2v) is 4.51. The van der Waals surface area contributed by atoms with E-state index in [1.54, 1.807) is 5.38 Å². The van der Waals surface area contributed by atoms with Gasteiger partial charge in [0.15, 0.2) is 0 Å². The lowest BCUT2D eigenvalue weighted by atomic mass is 10.3. The smallest absolute Gasteiger partial charge is 0.354 e. The van der Waals surface area contributed by atoms with Gasteiger partial charge in [-0.15, -0.1) is 11.3 Å². The van der Waals surface area contributed by atoms with Crippen molar-refractivity contribution in [3.8, 4) is 0 Å². The third kappa shape index (κ3) is 2.69. The fourth-order valence-electron chi connectivity index (χ4n) is 1.26. The molecule has 0 aliphatic carbocycles. The number of hydrogen-bond donors (Lipinski definition) is 2. The number of aromatic carboxylic acids is 1. The van der Waals surface area contributed by atoms with Crippen LogP contribution in [0, 0.1) is 6.92 Å². The number of nitrogens with zero attached hydrogens (tertiary/aromatic N) is 2. The minimum atomic E-state index is -1.11. The number of aromatic nitrogens is 2. The van der Waals surface area contributed by atoms with Crippen molar-refractivity contribution in [3.63, 3.8) is 0 Å². The molecule has 0 unspecified atom stereocenters. The highest BCUT2D eigenvalue weighted by Crippen LogP contribution is 2.11. The molecule has 1 amide bonds. The van der Waals surface area contributed by atoms with E-state index >= 15 is 0 Å². The molecule has 2 N–H and O–H groups in total. The Labute approximate surface area is 106 Å². The Bertz CT molecular complexity index is 592. The van der Waals surface area contributed by atoms with E-state index in [0.717, 1.165) is 5.01 Å². The lowest BCUT2D eigenvalue weighted by molar-refractivity contribution is 0.0690. The number of carboxylic acids is 1. The van der Waals surface area contributed by atoms with Crippen molar-refractivity contribution >= 4 is 28.9 Å². The van der Waals surface area contributed by atoms with Crippen LogP contribution in [0.25, 0.3) is 0 Å². The van der Waals surface area contributed by atoms with Gasteiger partial charge in [0.2, 0.25) is 0 Å². The Hall–Kier alpha value is -2.28. The zero-order valence-corrected chi connectivity index (χ0v) is 10.2. The predicted octanol–water partition coefficient (Wildman–Crippen LogP) is 1.80. The molecule has 0 saturated heterocycles. The number of anilines is 1. The summed E-state index contributed by atoms with van der Waals surface area (Å²) in [6, 6.07) is 2.80. The molecule has 0 radical (unpaired) electrons. The Morgan fingerprint density at radius 3 is 2.61 bits per heavy atom. The van der Waals surface area contributed by atoms with Crippen molar-refractivity contribution in [3.05, 3.63) is 40.1 Å². The fourth-order valence-corrected chi connectivity index (χ4v) is 1.85. The van der Waals surface area contributed by atoms with Crippen molar-refractivity contribution < 1.29 is 14.7 Å². The summed E-state index contributed by atoms with van der Waals surface area (Å²) in [6.45, 7) is 1.81. The molecule has 0 bridgehead atoms. The molecule has 0 saturated carbocycles. The summed E-state index contributed by atoms with van der Waals surface area (Å²) in [5, 5.41) is 13.7.